The van der Waals surface area contributed by atoms with Crippen LogP contribution in [0.3, 0.4) is 0 Å². The van der Waals surface area contributed by atoms with Gasteiger partial charge in [0, 0.05) is 31.8 Å². The third-order valence-corrected chi connectivity index (χ3v) is 7.42. The number of hydrogen-bond donors (Lipinski definition) is 1. The summed E-state index contributed by atoms with van der Waals surface area (Å²) in [6.45, 7) is 3.43. The summed E-state index contributed by atoms with van der Waals surface area (Å²) in [5, 5.41) is 8.76. The molecule has 1 N–H and O–H groups in total. The summed E-state index contributed by atoms with van der Waals surface area (Å²) in [6.07, 6.45) is 9.21. The zero-order valence-electron chi connectivity index (χ0n) is 21.6. The maximum absolute atomic E-state index is 13.1. The van der Waals surface area contributed by atoms with E-state index in [9.17, 15) is 9.59 Å². The van der Waals surface area contributed by atoms with E-state index in [0.29, 0.717) is 32.7 Å². The van der Waals surface area contributed by atoms with Gasteiger partial charge in [-0.1, -0.05) is 66.7 Å². The Labute approximate surface area is 220 Å². The fourth-order valence-electron chi connectivity index (χ4n) is 5.46. The van der Waals surface area contributed by atoms with Crippen molar-refractivity contribution in [2.24, 2.45) is 5.92 Å². The SMILES string of the molecule is O=C(O)CCCCC=CCC[C@H]1[C@@H](OCc2ccc(-c3ccccc3)cc2)CC(=O)[C@@H]1N1CCOCC1. The molecule has 6 heteroatoms. The molecule has 1 saturated heterocycles. The molecule has 1 aliphatic carbocycles. The number of benzene rings is 2. The topological polar surface area (TPSA) is 76.1 Å². The monoisotopic (exact) mass is 505 g/mol. The highest BCUT2D eigenvalue weighted by molar-refractivity contribution is 5.87. The molecule has 37 heavy (non-hydrogen) atoms. The Morgan fingerprint density at radius 3 is 2.41 bits per heavy atom. The quantitative estimate of drug-likeness (QED) is 0.286. The zero-order valence-corrected chi connectivity index (χ0v) is 21.6. The van der Waals surface area contributed by atoms with Gasteiger partial charge in [-0.05, 0) is 48.8 Å². The molecule has 3 atom stereocenters. The van der Waals surface area contributed by atoms with Crippen molar-refractivity contribution in [3.63, 3.8) is 0 Å². The average molecular weight is 506 g/mol. The molecular formula is C31H39NO5. The number of aliphatic carboxylic acids is 1. The van der Waals surface area contributed by atoms with Crippen LogP contribution in [-0.4, -0.2) is 60.2 Å². The molecule has 2 aromatic rings. The minimum Gasteiger partial charge on any atom is -0.481 e. The number of carboxylic acids is 1. The highest BCUT2D eigenvalue weighted by atomic mass is 16.5. The van der Waals surface area contributed by atoms with E-state index in [2.05, 4.69) is 53.5 Å². The molecule has 1 aliphatic heterocycles. The Bertz CT molecular complexity index is 1010. The van der Waals surface area contributed by atoms with Crippen LogP contribution in [0.1, 0.15) is 50.5 Å². The molecule has 6 nitrogen and oxygen atoms in total. The van der Waals surface area contributed by atoms with Crippen molar-refractivity contribution in [3.8, 4) is 11.1 Å². The number of carbonyl (C=O) groups is 2. The van der Waals surface area contributed by atoms with Crippen molar-refractivity contribution >= 4 is 11.8 Å². The number of nitrogens with zero attached hydrogens (tertiary/aromatic N) is 1. The van der Waals surface area contributed by atoms with Crippen LogP contribution >= 0.6 is 0 Å². The number of rotatable bonds is 13. The van der Waals surface area contributed by atoms with Crippen molar-refractivity contribution in [2.75, 3.05) is 26.3 Å². The lowest BCUT2D eigenvalue weighted by molar-refractivity contribution is -0.137. The third kappa shape index (κ3) is 8.09. The van der Waals surface area contributed by atoms with Gasteiger partial charge >= 0.3 is 5.97 Å². The van der Waals surface area contributed by atoms with Gasteiger partial charge in [-0.15, -0.1) is 0 Å². The molecule has 4 rings (SSSR count). The van der Waals surface area contributed by atoms with Crippen molar-refractivity contribution in [1.29, 1.82) is 0 Å². The van der Waals surface area contributed by atoms with Gasteiger partial charge in [0.25, 0.3) is 0 Å². The van der Waals surface area contributed by atoms with Crippen LogP contribution in [0.15, 0.2) is 66.7 Å². The number of ketones is 1. The molecule has 2 aromatic carbocycles. The molecule has 198 valence electrons. The van der Waals surface area contributed by atoms with E-state index in [1.807, 2.05) is 18.2 Å². The van der Waals surface area contributed by atoms with Crippen LogP contribution in [0.2, 0.25) is 0 Å². The summed E-state index contributed by atoms with van der Waals surface area (Å²) in [5.74, 6) is -0.290. The van der Waals surface area contributed by atoms with Gasteiger partial charge in [0.1, 0.15) is 0 Å². The molecule has 0 aromatic heterocycles. The average Bonchev–Trinajstić information content (AvgIpc) is 3.24. The lowest BCUT2D eigenvalue weighted by Gasteiger charge is -2.35. The first-order valence-corrected chi connectivity index (χ1v) is 13.6. The highest BCUT2D eigenvalue weighted by Crippen LogP contribution is 2.35. The molecule has 0 amide bonds. The summed E-state index contributed by atoms with van der Waals surface area (Å²) < 4.78 is 11.9. The van der Waals surface area contributed by atoms with Gasteiger partial charge in [-0.25, -0.2) is 0 Å². The van der Waals surface area contributed by atoms with Crippen LogP contribution in [-0.2, 0) is 25.7 Å². The molecule has 2 fully saturated rings. The van der Waals surface area contributed by atoms with Gasteiger partial charge in [0.05, 0.1) is 32.0 Å². The van der Waals surface area contributed by atoms with Crippen LogP contribution in [0.25, 0.3) is 11.1 Å². The Balaban J connectivity index is 1.34. The largest absolute Gasteiger partial charge is 0.481 e. The molecule has 0 bridgehead atoms. The number of hydrogen-bond acceptors (Lipinski definition) is 5. The standard InChI is InChI=1S/C31H39NO5/c33-28-22-29(37-23-24-14-16-26(17-15-24)25-10-6-5-7-11-25)27(31(28)32-18-20-36-21-19-32)12-8-3-1-2-4-9-13-30(34)35/h1,3,5-7,10-11,14-17,27,29,31H,2,4,8-9,12-13,18-23H2,(H,34,35)/t27-,29-,31+/m0/s1. The van der Waals surface area contributed by atoms with Crippen molar-refractivity contribution in [3.05, 3.63) is 72.3 Å². The fourth-order valence-corrected chi connectivity index (χ4v) is 5.46. The van der Waals surface area contributed by atoms with Gasteiger partial charge in [0.2, 0.25) is 0 Å². The lowest BCUT2D eigenvalue weighted by atomic mass is 9.93. The number of carbonyl (C=O) groups excluding carboxylic acids is 1. The maximum Gasteiger partial charge on any atom is 0.303 e. The van der Waals surface area contributed by atoms with E-state index in [1.165, 1.54) is 11.1 Å². The van der Waals surface area contributed by atoms with Crippen LogP contribution < -0.4 is 0 Å². The van der Waals surface area contributed by atoms with E-state index in [-0.39, 0.29) is 30.3 Å². The molecule has 2 aliphatic rings. The number of morpholine rings is 1. The number of carboxylic acid groups (broad SMARTS) is 1. The number of ether oxygens (including phenoxy) is 2. The smallest absolute Gasteiger partial charge is 0.303 e. The first kappa shape index (κ1) is 27.2. The summed E-state index contributed by atoms with van der Waals surface area (Å²) in [5.41, 5.74) is 3.49. The van der Waals surface area contributed by atoms with Gasteiger partial charge in [0.15, 0.2) is 5.78 Å². The highest BCUT2D eigenvalue weighted by Gasteiger charge is 2.45. The van der Waals surface area contributed by atoms with Gasteiger partial charge < -0.3 is 14.6 Å². The van der Waals surface area contributed by atoms with Gasteiger partial charge in [-0.3, -0.25) is 14.5 Å². The summed E-state index contributed by atoms with van der Waals surface area (Å²) in [6, 6.07) is 18.7. The molecule has 1 heterocycles. The third-order valence-electron chi connectivity index (χ3n) is 7.42. The summed E-state index contributed by atoms with van der Waals surface area (Å²) >= 11 is 0. The van der Waals surface area contributed by atoms with Crippen molar-refractivity contribution < 1.29 is 24.2 Å². The van der Waals surface area contributed by atoms with Crippen LogP contribution in [0.5, 0.6) is 0 Å². The molecule has 0 radical (unpaired) electrons. The first-order chi connectivity index (χ1) is 18.1. The summed E-state index contributed by atoms with van der Waals surface area (Å²) in [4.78, 5) is 26.1. The molecule has 0 unspecified atom stereocenters. The predicted molar refractivity (Wildman–Crippen MR) is 144 cm³/mol. The number of Topliss-reactive ketones (excluding diaryl/α,β-unsaturated/α-hetero) is 1. The fraction of sp³-hybridized carbons (Fsp3) is 0.484. The Kier molecular flexibility index (Phi) is 10.5. The lowest BCUT2D eigenvalue weighted by Crippen LogP contribution is -2.49. The second-order valence-electron chi connectivity index (χ2n) is 10.0. The first-order valence-electron chi connectivity index (χ1n) is 13.6. The van der Waals surface area contributed by atoms with Crippen LogP contribution in [0, 0.1) is 5.92 Å². The van der Waals surface area contributed by atoms with Crippen molar-refractivity contribution in [2.45, 2.75) is 63.7 Å². The minimum atomic E-state index is -0.734. The van der Waals surface area contributed by atoms with E-state index in [1.54, 1.807) is 0 Å². The Hall–Kier alpha value is -2.80. The van der Waals surface area contributed by atoms with Crippen molar-refractivity contribution in [1.82, 2.24) is 4.90 Å². The van der Waals surface area contributed by atoms with Gasteiger partial charge in [-0.2, -0.15) is 0 Å². The normalized spacial score (nSPS) is 22.6. The zero-order chi connectivity index (χ0) is 25.9. The number of unbranched alkanes of at least 4 members (excludes halogenated alkanes) is 2. The Morgan fingerprint density at radius 2 is 1.68 bits per heavy atom. The molecular weight excluding hydrogens is 466 g/mol. The minimum absolute atomic E-state index is 0.0851. The Morgan fingerprint density at radius 1 is 0.973 bits per heavy atom. The van der Waals surface area contributed by atoms with E-state index in [0.717, 1.165) is 44.3 Å². The number of allylic oxidation sites excluding steroid dienone is 2. The van der Waals surface area contributed by atoms with E-state index >= 15 is 0 Å². The van der Waals surface area contributed by atoms with Crippen LogP contribution in [0.4, 0.5) is 0 Å². The summed E-state index contributed by atoms with van der Waals surface area (Å²) in [7, 11) is 0. The second-order valence-corrected chi connectivity index (χ2v) is 10.0. The van der Waals surface area contributed by atoms with E-state index < -0.39 is 5.97 Å². The maximum atomic E-state index is 13.1. The molecule has 0 spiro atoms. The predicted octanol–water partition coefficient (Wildman–Crippen LogP) is 5.51. The molecule has 1 saturated carbocycles. The second kappa shape index (κ2) is 14.2. The van der Waals surface area contributed by atoms with E-state index in [4.69, 9.17) is 14.6 Å².